The second-order valence-electron chi connectivity index (χ2n) is 5.94. The summed E-state index contributed by atoms with van der Waals surface area (Å²) in [5.74, 6) is -0.147. The van der Waals surface area contributed by atoms with Crippen LogP contribution in [-0.4, -0.2) is 35.1 Å². The highest BCUT2D eigenvalue weighted by molar-refractivity contribution is 8.00. The quantitative estimate of drug-likeness (QED) is 0.356. The maximum absolute atomic E-state index is 12.4. The highest BCUT2D eigenvalue weighted by Gasteiger charge is 2.19. The SMILES string of the molecule is COc1cc(-c2noc(COC(=O)C(C)Sc3ccccc3)n2)ccc1OC(F)F. The molecule has 7 nitrogen and oxygen atoms in total. The van der Waals surface area contributed by atoms with Crippen molar-refractivity contribution in [3.8, 4) is 22.9 Å². The van der Waals surface area contributed by atoms with E-state index in [1.54, 1.807) is 6.92 Å². The number of carbonyl (C=O) groups is 1. The fourth-order valence-electron chi connectivity index (χ4n) is 2.43. The third-order valence-corrected chi connectivity index (χ3v) is 4.92. The van der Waals surface area contributed by atoms with Crippen molar-refractivity contribution in [1.29, 1.82) is 0 Å². The average Bonchev–Trinajstić information content (AvgIpc) is 3.21. The molecule has 0 spiro atoms. The van der Waals surface area contributed by atoms with Crippen LogP contribution in [0.25, 0.3) is 11.4 Å². The molecule has 0 aliphatic carbocycles. The third kappa shape index (κ3) is 5.69. The van der Waals surface area contributed by atoms with Crippen molar-refractivity contribution in [2.45, 2.75) is 30.3 Å². The molecule has 0 saturated heterocycles. The van der Waals surface area contributed by atoms with Gasteiger partial charge in [-0.15, -0.1) is 11.8 Å². The number of thioether (sulfide) groups is 1. The van der Waals surface area contributed by atoms with E-state index in [0.29, 0.717) is 5.56 Å². The third-order valence-electron chi connectivity index (χ3n) is 3.83. The standard InChI is InChI=1S/C20H18F2N2O5S/c1-12(30-14-6-4-3-5-7-14)19(25)27-11-17-23-18(24-29-17)13-8-9-15(28-20(21)22)16(10-13)26-2/h3-10,12,20H,11H2,1-2H3. The van der Waals surface area contributed by atoms with Crippen molar-refractivity contribution in [3.63, 3.8) is 0 Å². The lowest BCUT2D eigenvalue weighted by atomic mass is 10.2. The predicted molar refractivity (Wildman–Crippen MR) is 104 cm³/mol. The molecule has 3 rings (SSSR count). The number of aromatic nitrogens is 2. The lowest BCUT2D eigenvalue weighted by molar-refractivity contribution is -0.144. The van der Waals surface area contributed by atoms with Gasteiger partial charge in [0.05, 0.1) is 7.11 Å². The van der Waals surface area contributed by atoms with Gasteiger partial charge >= 0.3 is 12.6 Å². The lowest BCUT2D eigenvalue weighted by Crippen LogP contribution is -2.16. The summed E-state index contributed by atoms with van der Waals surface area (Å²) in [7, 11) is 1.33. The van der Waals surface area contributed by atoms with Crippen LogP contribution in [-0.2, 0) is 16.1 Å². The Hall–Kier alpha value is -3.14. The molecule has 0 radical (unpaired) electrons. The van der Waals surface area contributed by atoms with E-state index < -0.39 is 17.8 Å². The van der Waals surface area contributed by atoms with E-state index in [9.17, 15) is 13.6 Å². The average molecular weight is 436 g/mol. The summed E-state index contributed by atoms with van der Waals surface area (Å²) < 4.78 is 44.6. The number of rotatable bonds is 9. The molecule has 0 amide bonds. The summed E-state index contributed by atoms with van der Waals surface area (Å²) in [5, 5.41) is 3.40. The monoisotopic (exact) mass is 436 g/mol. The van der Waals surface area contributed by atoms with Crippen LogP contribution in [0.3, 0.4) is 0 Å². The van der Waals surface area contributed by atoms with Crippen molar-refractivity contribution in [2.75, 3.05) is 7.11 Å². The molecule has 0 saturated carbocycles. The molecule has 10 heteroatoms. The number of ether oxygens (including phenoxy) is 3. The normalized spacial score (nSPS) is 11.9. The Morgan fingerprint density at radius 3 is 2.63 bits per heavy atom. The Bertz CT molecular complexity index is 984. The fraction of sp³-hybridized carbons (Fsp3) is 0.250. The second kappa shape index (κ2) is 10.1. The van der Waals surface area contributed by atoms with Crippen molar-refractivity contribution in [1.82, 2.24) is 10.1 Å². The molecule has 1 heterocycles. The van der Waals surface area contributed by atoms with Crippen LogP contribution < -0.4 is 9.47 Å². The van der Waals surface area contributed by atoms with Crippen LogP contribution in [0.4, 0.5) is 8.78 Å². The van der Waals surface area contributed by atoms with E-state index >= 15 is 0 Å². The molecule has 1 unspecified atom stereocenters. The van der Waals surface area contributed by atoms with Gasteiger partial charge in [-0.1, -0.05) is 23.4 Å². The van der Waals surface area contributed by atoms with Crippen LogP contribution in [0.2, 0.25) is 0 Å². The minimum Gasteiger partial charge on any atom is -0.493 e. The number of esters is 1. The van der Waals surface area contributed by atoms with E-state index in [-0.39, 0.29) is 29.8 Å². The molecule has 0 aliphatic heterocycles. The van der Waals surface area contributed by atoms with Gasteiger partial charge < -0.3 is 18.7 Å². The molecule has 158 valence electrons. The van der Waals surface area contributed by atoms with Crippen molar-refractivity contribution in [2.24, 2.45) is 0 Å². The van der Waals surface area contributed by atoms with Crippen molar-refractivity contribution in [3.05, 3.63) is 54.4 Å². The topological polar surface area (TPSA) is 83.7 Å². The summed E-state index contributed by atoms with van der Waals surface area (Å²) in [4.78, 5) is 17.3. The number of carbonyl (C=O) groups excluding carboxylic acids is 1. The highest BCUT2D eigenvalue weighted by atomic mass is 32.2. The maximum Gasteiger partial charge on any atom is 0.387 e. The Balaban J connectivity index is 1.60. The molecule has 2 aromatic carbocycles. The largest absolute Gasteiger partial charge is 0.493 e. The van der Waals surface area contributed by atoms with Crippen LogP contribution in [0.1, 0.15) is 12.8 Å². The summed E-state index contributed by atoms with van der Waals surface area (Å²) in [6.45, 7) is -1.41. The molecule has 0 fully saturated rings. The second-order valence-corrected chi connectivity index (χ2v) is 7.35. The lowest BCUT2D eigenvalue weighted by Gasteiger charge is -2.10. The Morgan fingerprint density at radius 2 is 1.93 bits per heavy atom. The number of alkyl halides is 2. The van der Waals surface area contributed by atoms with Gasteiger partial charge in [-0.3, -0.25) is 4.79 Å². The maximum atomic E-state index is 12.4. The predicted octanol–water partition coefficient (Wildman–Crippen LogP) is 4.57. The number of hydrogen-bond donors (Lipinski definition) is 0. The molecule has 3 aromatic rings. The van der Waals surface area contributed by atoms with Crippen LogP contribution >= 0.6 is 11.8 Å². The number of nitrogens with zero attached hydrogens (tertiary/aromatic N) is 2. The Labute approximate surface area is 175 Å². The summed E-state index contributed by atoms with van der Waals surface area (Å²) in [6, 6.07) is 13.7. The fourth-order valence-corrected chi connectivity index (χ4v) is 3.32. The highest BCUT2D eigenvalue weighted by Crippen LogP contribution is 2.32. The zero-order valence-corrected chi connectivity index (χ0v) is 16.9. The van der Waals surface area contributed by atoms with E-state index in [4.69, 9.17) is 14.0 Å². The zero-order chi connectivity index (χ0) is 21.5. The number of benzene rings is 2. The van der Waals surface area contributed by atoms with Gasteiger partial charge in [0.2, 0.25) is 5.82 Å². The first-order valence-corrected chi connectivity index (χ1v) is 9.68. The molecule has 30 heavy (non-hydrogen) atoms. The van der Waals surface area contributed by atoms with Gasteiger partial charge in [0, 0.05) is 10.5 Å². The first-order valence-electron chi connectivity index (χ1n) is 8.80. The van der Waals surface area contributed by atoms with Gasteiger partial charge in [-0.05, 0) is 37.3 Å². The van der Waals surface area contributed by atoms with Crippen LogP contribution in [0.5, 0.6) is 11.5 Å². The van der Waals surface area contributed by atoms with E-state index in [2.05, 4.69) is 14.9 Å². The molecule has 1 atom stereocenters. The smallest absolute Gasteiger partial charge is 0.387 e. The van der Waals surface area contributed by atoms with Gasteiger partial charge in [-0.2, -0.15) is 13.8 Å². The molecule has 0 N–H and O–H groups in total. The van der Waals surface area contributed by atoms with E-state index in [1.165, 1.54) is 37.1 Å². The first kappa shape index (κ1) is 21.6. The molecule has 0 aliphatic rings. The van der Waals surface area contributed by atoms with Gasteiger partial charge in [-0.25, -0.2) is 0 Å². The number of halogens is 2. The minimum absolute atomic E-state index is 0.0948. The molecular weight excluding hydrogens is 418 g/mol. The molecule has 1 aromatic heterocycles. The van der Waals surface area contributed by atoms with Gasteiger partial charge in [0.15, 0.2) is 18.1 Å². The van der Waals surface area contributed by atoms with Crippen LogP contribution in [0.15, 0.2) is 57.9 Å². The Kier molecular flexibility index (Phi) is 7.23. The van der Waals surface area contributed by atoms with Crippen molar-refractivity contribution < 1.29 is 32.3 Å². The summed E-state index contributed by atoms with van der Waals surface area (Å²) >= 11 is 1.38. The van der Waals surface area contributed by atoms with Gasteiger partial charge in [0.25, 0.3) is 5.89 Å². The number of hydrogen-bond acceptors (Lipinski definition) is 8. The minimum atomic E-state index is -2.97. The van der Waals surface area contributed by atoms with Crippen LogP contribution in [0, 0.1) is 0 Å². The summed E-state index contributed by atoms with van der Waals surface area (Å²) in [6.07, 6.45) is 0. The molecule has 0 bridgehead atoms. The van der Waals surface area contributed by atoms with E-state index in [1.807, 2.05) is 30.3 Å². The Morgan fingerprint density at radius 1 is 1.17 bits per heavy atom. The molecular formula is C20H18F2N2O5S. The number of methoxy groups -OCH3 is 1. The van der Waals surface area contributed by atoms with E-state index in [0.717, 1.165) is 4.90 Å². The van der Waals surface area contributed by atoms with Crippen molar-refractivity contribution >= 4 is 17.7 Å². The summed E-state index contributed by atoms with van der Waals surface area (Å²) in [5.41, 5.74) is 0.461. The first-order chi connectivity index (χ1) is 14.5. The van der Waals surface area contributed by atoms with Gasteiger partial charge in [0.1, 0.15) is 5.25 Å². The zero-order valence-electron chi connectivity index (χ0n) is 16.1.